The molecule has 0 bridgehead atoms. The van der Waals surface area contributed by atoms with Crippen LogP contribution in [0.15, 0.2) is 29.8 Å². The van der Waals surface area contributed by atoms with Gasteiger partial charge in [-0.15, -0.1) is 11.3 Å². The fraction of sp³-hybridized carbons (Fsp3) is 0.286. The van der Waals surface area contributed by atoms with Gasteiger partial charge in [0.25, 0.3) is 0 Å². The first kappa shape index (κ1) is 13.5. The molecule has 0 saturated carbocycles. The van der Waals surface area contributed by atoms with Gasteiger partial charge in [0.05, 0.1) is 11.2 Å². The van der Waals surface area contributed by atoms with Crippen molar-refractivity contribution in [2.24, 2.45) is 0 Å². The number of benzene rings is 1. The van der Waals surface area contributed by atoms with E-state index in [-0.39, 0.29) is 10.5 Å². The predicted octanol–water partition coefficient (Wildman–Crippen LogP) is 3.69. The third kappa shape index (κ3) is 3.32. The lowest BCUT2D eigenvalue weighted by Gasteiger charge is -2.21. The minimum atomic E-state index is -0.951. The maximum absolute atomic E-state index is 11.1. The third-order valence-corrected chi connectivity index (χ3v) is 3.13. The molecule has 19 heavy (non-hydrogen) atoms. The van der Waals surface area contributed by atoms with E-state index < -0.39 is 5.97 Å². The summed E-state index contributed by atoms with van der Waals surface area (Å²) in [5.41, 5.74) is 2.56. The van der Waals surface area contributed by atoms with Gasteiger partial charge in [-0.05, 0) is 45.0 Å². The maximum Gasteiger partial charge on any atom is 0.348 e. The number of carboxylic acid groups (broad SMARTS) is 1. The second kappa shape index (κ2) is 5.01. The van der Waals surface area contributed by atoms with Gasteiger partial charge in [-0.1, -0.05) is 0 Å². The van der Waals surface area contributed by atoms with Crippen molar-refractivity contribution in [1.29, 1.82) is 0 Å². The molecule has 2 rings (SSSR count). The Bertz CT molecular complexity index is 581. The second-order valence-electron chi connectivity index (χ2n) is 5.07. The van der Waals surface area contributed by atoms with E-state index >= 15 is 0 Å². The quantitative estimate of drug-likeness (QED) is 0.929. The summed E-state index contributed by atoms with van der Waals surface area (Å²) in [7, 11) is 0. The Morgan fingerprint density at radius 1 is 1.26 bits per heavy atom. The number of hydrogen-bond acceptors (Lipinski definition) is 4. The summed E-state index contributed by atoms with van der Waals surface area (Å²) in [5.74, 6) is -0.198. The molecule has 1 aromatic heterocycles. The van der Waals surface area contributed by atoms with Crippen LogP contribution < -0.4 is 4.74 Å². The first-order valence-electron chi connectivity index (χ1n) is 5.83. The fourth-order valence-electron chi connectivity index (χ4n) is 1.64. The van der Waals surface area contributed by atoms with Crippen molar-refractivity contribution in [3.63, 3.8) is 0 Å². The van der Waals surface area contributed by atoms with Crippen LogP contribution in [0.4, 0.5) is 0 Å². The molecule has 100 valence electrons. The first-order valence-corrected chi connectivity index (χ1v) is 6.71. The molecule has 0 unspecified atom stereocenters. The van der Waals surface area contributed by atoms with Gasteiger partial charge in [-0.2, -0.15) is 0 Å². The number of aromatic carboxylic acids is 1. The minimum Gasteiger partial charge on any atom is -0.488 e. The normalized spacial score (nSPS) is 11.3. The number of hydrogen-bond donors (Lipinski definition) is 1. The number of rotatable bonds is 3. The molecule has 0 aliphatic carbocycles. The molecule has 0 aliphatic rings. The standard InChI is InChI=1S/C14H15NO3S/c1-14(2,3)18-10-6-4-9(5-7-10)11-12(13(16)17)19-8-15-11/h4-8H,1-3H3,(H,16,17). The molecular formula is C14H15NO3S. The molecule has 0 radical (unpaired) electrons. The maximum atomic E-state index is 11.1. The van der Waals surface area contributed by atoms with Crippen LogP contribution in [-0.2, 0) is 0 Å². The van der Waals surface area contributed by atoms with Crippen LogP contribution in [0, 0.1) is 0 Å². The summed E-state index contributed by atoms with van der Waals surface area (Å²) in [6, 6.07) is 7.29. The Balaban J connectivity index is 2.28. The summed E-state index contributed by atoms with van der Waals surface area (Å²) in [6.45, 7) is 5.93. The highest BCUT2D eigenvalue weighted by Gasteiger charge is 2.16. The lowest BCUT2D eigenvalue weighted by Crippen LogP contribution is -2.22. The Labute approximate surface area is 115 Å². The van der Waals surface area contributed by atoms with Gasteiger partial charge in [-0.25, -0.2) is 9.78 Å². The first-order chi connectivity index (χ1) is 8.87. The highest BCUT2D eigenvalue weighted by Crippen LogP contribution is 2.28. The number of thiazole rings is 1. The van der Waals surface area contributed by atoms with Crippen LogP contribution >= 0.6 is 11.3 Å². The smallest absolute Gasteiger partial charge is 0.348 e. The Morgan fingerprint density at radius 3 is 2.42 bits per heavy atom. The molecule has 4 nitrogen and oxygen atoms in total. The van der Waals surface area contributed by atoms with E-state index in [1.165, 1.54) is 0 Å². The fourth-order valence-corrected chi connectivity index (χ4v) is 2.28. The highest BCUT2D eigenvalue weighted by molar-refractivity contribution is 7.12. The summed E-state index contributed by atoms with van der Waals surface area (Å²) < 4.78 is 5.72. The molecule has 2 aromatic rings. The lowest BCUT2D eigenvalue weighted by molar-refractivity contribution is 0.0702. The molecule has 0 fully saturated rings. The highest BCUT2D eigenvalue weighted by atomic mass is 32.1. The summed E-state index contributed by atoms with van der Waals surface area (Å²) in [6.07, 6.45) is 0. The molecule has 0 spiro atoms. The summed E-state index contributed by atoms with van der Waals surface area (Å²) in [4.78, 5) is 15.4. The Morgan fingerprint density at radius 2 is 1.89 bits per heavy atom. The van der Waals surface area contributed by atoms with E-state index in [4.69, 9.17) is 9.84 Å². The third-order valence-electron chi connectivity index (χ3n) is 2.31. The van der Waals surface area contributed by atoms with Crippen LogP contribution in [0.5, 0.6) is 5.75 Å². The molecule has 0 atom stereocenters. The Hall–Kier alpha value is -1.88. The Kier molecular flexibility index (Phi) is 3.57. The van der Waals surface area contributed by atoms with Crippen LogP contribution in [-0.4, -0.2) is 21.7 Å². The largest absolute Gasteiger partial charge is 0.488 e. The lowest BCUT2D eigenvalue weighted by atomic mass is 10.1. The van der Waals surface area contributed by atoms with Crippen molar-refractivity contribution in [3.8, 4) is 17.0 Å². The number of aromatic nitrogens is 1. The van der Waals surface area contributed by atoms with E-state index in [0.29, 0.717) is 5.69 Å². The zero-order valence-corrected chi connectivity index (χ0v) is 11.8. The average molecular weight is 277 g/mol. The monoisotopic (exact) mass is 277 g/mol. The van der Waals surface area contributed by atoms with Crippen LogP contribution in [0.1, 0.15) is 30.4 Å². The topological polar surface area (TPSA) is 59.4 Å². The van der Waals surface area contributed by atoms with Gasteiger partial charge in [0.2, 0.25) is 0 Å². The SMILES string of the molecule is CC(C)(C)Oc1ccc(-c2ncsc2C(=O)O)cc1. The van der Waals surface area contributed by atoms with Gasteiger partial charge < -0.3 is 9.84 Å². The van der Waals surface area contributed by atoms with Crippen LogP contribution in [0.25, 0.3) is 11.3 Å². The molecule has 0 saturated heterocycles. The van der Waals surface area contributed by atoms with E-state index in [0.717, 1.165) is 22.6 Å². The van der Waals surface area contributed by atoms with E-state index in [2.05, 4.69) is 4.98 Å². The van der Waals surface area contributed by atoms with Crippen molar-refractivity contribution < 1.29 is 14.6 Å². The van der Waals surface area contributed by atoms with Crippen molar-refractivity contribution >= 4 is 17.3 Å². The molecule has 1 N–H and O–H groups in total. The molecule has 5 heteroatoms. The summed E-state index contributed by atoms with van der Waals surface area (Å²) in [5, 5.41) is 9.07. The van der Waals surface area contributed by atoms with Crippen molar-refractivity contribution in [2.45, 2.75) is 26.4 Å². The molecule has 1 aromatic carbocycles. The number of nitrogens with zero attached hydrogens (tertiary/aromatic N) is 1. The van der Waals surface area contributed by atoms with Crippen molar-refractivity contribution in [2.75, 3.05) is 0 Å². The van der Waals surface area contributed by atoms with Gasteiger partial charge >= 0.3 is 5.97 Å². The zero-order valence-electron chi connectivity index (χ0n) is 11.0. The minimum absolute atomic E-state index is 0.254. The van der Waals surface area contributed by atoms with Crippen LogP contribution in [0.3, 0.4) is 0 Å². The number of carbonyl (C=O) groups is 1. The molecule has 1 heterocycles. The van der Waals surface area contributed by atoms with Gasteiger partial charge in [0.1, 0.15) is 16.2 Å². The second-order valence-corrected chi connectivity index (χ2v) is 5.93. The van der Waals surface area contributed by atoms with Crippen LogP contribution in [0.2, 0.25) is 0 Å². The van der Waals surface area contributed by atoms with Gasteiger partial charge in [0, 0.05) is 5.56 Å². The van der Waals surface area contributed by atoms with E-state index in [1.807, 2.05) is 45.0 Å². The predicted molar refractivity (Wildman–Crippen MR) is 74.9 cm³/mol. The van der Waals surface area contributed by atoms with Gasteiger partial charge in [0.15, 0.2) is 0 Å². The van der Waals surface area contributed by atoms with E-state index in [1.54, 1.807) is 5.51 Å². The van der Waals surface area contributed by atoms with Crippen molar-refractivity contribution in [3.05, 3.63) is 34.7 Å². The average Bonchev–Trinajstić information content (AvgIpc) is 2.76. The number of ether oxygens (including phenoxy) is 1. The number of carboxylic acids is 1. The molecule has 0 amide bonds. The zero-order chi connectivity index (χ0) is 14.0. The van der Waals surface area contributed by atoms with Crippen molar-refractivity contribution in [1.82, 2.24) is 4.98 Å². The summed E-state index contributed by atoms with van der Waals surface area (Å²) >= 11 is 1.12. The molecular weight excluding hydrogens is 262 g/mol. The van der Waals surface area contributed by atoms with Gasteiger partial charge in [-0.3, -0.25) is 0 Å². The molecule has 0 aliphatic heterocycles. The van der Waals surface area contributed by atoms with E-state index in [9.17, 15) is 4.79 Å².